The SMILES string of the molecule is Cc1ccc(O)cc1Oc1ccccc1N(c1cccc(C)c1O)c1cccc(C)c1O. The number of nitrogens with zero attached hydrogens (tertiary/aromatic N) is 1. The number of benzene rings is 4. The zero-order chi connectivity index (χ0) is 22.8. The van der Waals surface area contributed by atoms with Crippen molar-refractivity contribution in [3.05, 3.63) is 95.6 Å². The first-order valence-corrected chi connectivity index (χ1v) is 10.3. The maximum atomic E-state index is 10.9. The molecular formula is C27H25NO4. The van der Waals surface area contributed by atoms with Crippen molar-refractivity contribution >= 4 is 17.1 Å². The van der Waals surface area contributed by atoms with Crippen LogP contribution < -0.4 is 9.64 Å². The van der Waals surface area contributed by atoms with E-state index in [4.69, 9.17) is 4.74 Å². The molecule has 32 heavy (non-hydrogen) atoms. The topological polar surface area (TPSA) is 73.2 Å². The molecule has 4 aromatic carbocycles. The summed E-state index contributed by atoms with van der Waals surface area (Å²) in [5.41, 5.74) is 3.92. The molecule has 5 heteroatoms. The second kappa shape index (κ2) is 8.55. The highest BCUT2D eigenvalue weighted by Gasteiger charge is 2.23. The molecule has 0 aliphatic rings. The van der Waals surface area contributed by atoms with E-state index < -0.39 is 0 Å². The fourth-order valence-electron chi connectivity index (χ4n) is 3.58. The fourth-order valence-corrected chi connectivity index (χ4v) is 3.58. The predicted octanol–water partition coefficient (Wildman–Crippen LogP) is 6.99. The molecule has 0 atom stereocenters. The minimum Gasteiger partial charge on any atom is -0.508 e. The second-order valence-corrected chi connectivity index (χ2v) is 7.74. The van der Waals surface area contributed by atoms with E-state index in [1.807, 2.05) is 69.3 Å². The Kier molecular flexibility index (Phi) is 5.65. The van der Waals surface area contributed by atoms with Crippen LogP contribution >= 0.6 is 0 Å². The highest BCUT2D eigenvalue weighted by Crippen LogP contribution is 2.48. The number of phenols is 3. The maximum absolute atomic E-state index is 10.9. The summed E-state index contributed by atoms with van der Waals surface area (Å²) in [6, 6.07) is 23.3. The smallest absolute Gasteiger partial charge is 0.151 e. The van der Waals surface area contributed by atoms with Gasteiger partial charge in [-0.25, -0.2) is 0 Å². The van der Waals surface area contributed by atoms with E-state index in [0.29, 0.717) is 39.7 Å². The average molecular weight is 428 g/mol. The monoisotopic (exact) mass is 427 g/mol. The summed E-state index contributed by atoms with van der Waals surface area (Å²) in [7, 11) is 0. The Bertz CT molecular complexity index is 1230. The maximum Gasteiger partial charge on any atom is 0.151 e. The molecule has 0 radical (unpaired) electrons. The van der Waals surface area contributed by atoms with Gasteiger partial charge in [0, 0.05) is 6.07 Å². The van der Waals surface area contributed by atoms with Crippen LogP contribution in [0.3, 0.4) is 0 Å². The molecule has 0 spiro atoms. The fraction of sp³-hybridized carbons (Fsp3) is 0.111. The van der Waals surface area contributed by atoms with E-state index in [9.17, 15) is 15.3 Å². The molecular weight excluding hydrogens is 402 g/mol. The minimum atomic E-state index is 0.104. The molecule has 4 aromatic rings. The zero-order valence-corrected chi connectivity index (χ0v) is 18.2. The highest BCUT2D eigenvalue weighted by atomic mass is 16.5. The molecule has 0 aliphatic heterocycles. The van der Waals surface area contributed by atoms with E-state index in [-0.39, 0.29) is 17.2 Å². The van der Waals surface area contributed by atoms with Crippen LogP contribution in [-0.2, 0) is 0 Å². The van der Waals surface area contributed by atoms with Gasteiger partial charge in [0.2, 0.25) is 0 Å². The molecule has 0 aliphatic carbocycles. The lowest BCUT2D eigenvalue weighted by Crippen LogP contribution is -2.12. The summed E-state index contributed by atoms with van der Waals surface area (Å²) < 4.78 is 6.22. The van der Waals surface area contributed by atoms with Crippen LogP contribution in [0.2, 0.25) is 0 Å². The van der Waals surface area contributed by atoms with Gasteiger partial charge < -0.3 is 20.1 Å². The van der Waals surface area contributed by atoms with Crippen LogP contribution in [0, 0.1) is 20.8 Å². The molecule has 0 saturated heterocycles. The number of ether oxygens (including phenoxy) is 1. The third kappa shape index (κ3) is 3.93. The molecule has 5 nitrogen and oxygen atoms in total. The van der Waals surface area contributed by atoms with E-state index in [1.165, 1.54) is 0 Å². The van der Waals surface area contributed by atoms with Gasteiger partial charge in [-0.05, 0) is 67.8 Å². The first kappa shape index (κ1) is 21.1. The number of hydrogen-bond donors (Lipinski definition) is 3. The largest absolute Gasteiger partial charge is 0.508 e. The van der Waals surface area contributed by atoms with Crippen molar-refractivity contribution in [3.8, 4) is 28.7 Å². The van der Waals surface area contributed by atoms with Crippen LogP contribution in [-0.4, -0.2) is 15.3 Å². The third-order valence-electron chi connectivity index (χ3n) is 5.41. The van der Waals surface area contributed by atoms with Gasteiger partial charge in [0.15, 0.2) is 5.75 Å². The van der Waals surface area contributed by atoms with Crippen LogP contribution in [0.15, 0.2) is 78.9 Å². The van der Waals surface area contributed by atoms with Gasteiger partial charge in [0.1, 0.15) is 23.0 Å². The summed E-state index contributed by atoms with van der Waals surface area (Å²) >= 11 is 0. The highest BCUT2D eigenvalue weighted by molar-refractivity contribution is 5.86. The molecule has 4 rings (SSSR count). The number of para-hydroxylation sites is 4. The number of aryl methyl sites for hydroxylation is 3. The Morgan fingerprint density at radius 3 is 1.75 bits per heavy atom. The van der Waals surface area contributed by atoms with E-state index >= 15 is 0 Å². The summed E-state index contributed by atoms with van der Waals surface area (Å²) in [5, 5.41) is 31.8. The first-order chi connectivity index (χ1) is 15.4. The van der Waals surface area contributed by atoms with Crippen molar-refractivity contribution in [3.63, 3.8) is 0 Å². The summed E-state index contributed by atoms with van der Waals surface area (Å²) in [4.78, 5) is 1.78. The van der Waals surface area contributed by atoms with Gasteiger partial charge in [-0.15, -0.1) is 0 Å². The second-order valence-electron chi connectivity index (χ2n) is 7.74. The van der Waals surface area contributed by atoms with Crippen LogP contribution in [0.4, 0.5) is 17.1 Å². The van der Waals surface area contributed by atoms with E-state index in [0.717, 1.165) is 5.56 Å². The number of phenolic OH excluding ortho intramolecular Hbond substituents is 3. The molecule has 0 fully saturated rings. The molecule has 162 valence electrons. The molecule has 0 bridgehead atoms. The lowest BCUT2D eigenvalue weighted by molar-refractivity contribution is 0.453. The predicted molar refractivity (Wildman–Crippen MR) is 127 cm³/mol. The Labute approximate surface area is 187 Å². The first-order valence-electron chi connectivity index (χ1n) is 10.3. The minimum absolute atomic E-state index is 0.104. The molecule has 0 unspecified atom stereocenters. The van der Waals surface area contributed by atoms with Gasteiger partial charge >= 0.3 is 0 Å². The van der Waals surface area contributed by atoms with Crippen LogP contribution in [0.1, 0.15) is 16.7 Å². The van der Waals surface area contributed by atoms with Crippen molar-refractivity contribution in [1.82, 2.24) is 0 Å². The van der Waals surface area contributed by atoms with Crippen molar-refractivity contribution < 1.29 is 20.1 Å². The number of anilines is 3. The lowest BCUT2D eigenvalue weighted by Gasteiger charge is -2.29. The van der Waals surface area contributed by atoms with E-state index in [2.05, 4.69) is 0 Å². The number of hydrogen-bond acceptors (Lipinski definition) is 5. The van der Waals surface area contributed by atoms with E-state index in [1.54, 1.807) is 35.2 Å². The average Bonchev–Trinajstić information content (AvgIpc) is 2.78. The normalized spacial score (nSPS) is 10.7. The summed E-state index contributed by atoms with van der Waals surface area (Å²) in [6.45, 7) is 5.55. The standard InChI is InChI=1S/C27H25NO4/c1-17-14-15-20(29)16-25(17)32-24-13-5-4-10-21(24)28(22-11-6-8-18(2)26(22)30)23-12-7-9-19(3)27(23)31/h4-16,29-31H,1-3H3. The van der Waals surface area contributed by atoms with Crippen LogP contribution in [0.5, 0.6) is 28.7 Å². The van der Waals surface area contributed by atoms with Gasteiger partial charge in [0.25, 0.3) is 0 Å². The Morgan fingerprint density at radius 2 is 1.12 bits per heavy atom. The molecule has 0 saturated carbocycles. The molecule has 3 N–H and O–H groups in total. The van der Waals surface area contributed by atoms with Crippen LogP contribution in [0.25, 0.3) is 0 Å². The Balaban J connectivity index is 1.94. The van der Waals surface area contributed by atoms with Gasteiger partial charge in [-0.3, -0.25) is 4.90 Å². The molecule has 0 heterocycles. The summed E-state index contributed by atoms with van der Waals surface area (Å²) in [6.07, 6.45) is 0. The third-order valence-corrected chi connectivity index (χ3v) is 5.41. The summed E-state index contributed by atoms with van der Waals surface area (Å²) in [5.74, 6) is 1.34. The van der Waals surface area contributed by atoms with Gasteiger partial charge in [-0.2, -0.15) is 0 Å². The van der Waals surface area contributed by atoms with Crippen molar-refractivity contribution in [2.45, 2.75) is 20.8 Å². The Morgan fingerprint density at radius 1 is 0.562 bits per heavy atom. The van der Waals surface area contributed by atoms with Crippen molar-refractivity contribution in [2.24, 2.45) is 0 Å². The lowest BCUT2D eigenvalue weighted by atomic mass is 10.1. The Hall–Kier alpha value is -4.12. The number of rotatable bonds is 5. The van der Waals surface area contributed by atoms with Crippen molar-refractivity contribution in [2.75, 3.05) is 4.90 Å². The molecule has 0 amide bonds. The number of aromatic hydroxyl groups is 3. The van der Waals surface area contributed by atoms with Crippen molar-refractivity contribution in [1.29, 1.82) is 0 Å². The quantitative estimate of drug-likeness (QED) is 0.320. The van der Waals surface area contributed by atoms with Gasteiger partial charge in [0.05, 0.1) is 17.1 Å². The van der Waals surface area contributed by atoms with Gasteiger partial charge in [-0.1, -0.05) is 42.5 Å². The zero-order valence-electron chi connectivity index (χ0n) is 18.2. The molecule has 0 aromatic heterocycles.